The number of nitrogens with zero attached hydrogens (tertiary/aromatic N) is 4. The highest BCUT2D eigenvalue weighted by Crippen LogP contribution is 2.44. The van der Waals surface area contributed by atoms with E-state index < -0.39 is 79.7 Å². The van der Waals surface area contributed by atoms with E-state index in [0.29, 0.717) is 17.5 Å². The third-order valence-corrected chi connectivity index (χ3v) is 8.45. The maximum atomic E-state index is 13.4. The summed E-state index contributed by atoms with van der Waals surface area (Å²) in [5.74, 6) is -3.69. The van der Waals surface area contributed by atoms with Crippen LogP contribution in [-0.2, 0) is 30.1 Å². The van der Waals surface area contributed by atoms with Crippen molar-refractivity contribution < 1.29 is 53.4 Å². The van der Waals surface area contributed by atoms with Gasteiger partial charge in [0.2, 0.25) is 5.95 Å². The summed E-state index contributed by atoms with van der Waals surface area (Å²) in [5, 5.41) is 30.9. The van der Waals surface area contributed by atoms with Crippen molar-refractivity contribution in [3.05, 3.63) is 66.5 Å². The first-order chi connectivity index (χ1) is 19.4. The third-order valence-electron chi connectivity index (χ3n) is 5.38. The molecule has 15 nitrogen and oxygen atoms in total. The maximum absolute atomic E-state index is 13.4. The van der Waals surface area contributed by atoms with Crippen LogP contribution in [0, 0.1) is 12.0 Å². The number of benzene rings is 3. The molecule has 0 amide bonds. The number of phenols is 2. The van der Waals surface area contributed by atoms with Crippen LogP contribution in [0.15, 0.2) is 79.4 Å². The minimum Gasteiger partial charge on any atom is -0.505 e. The van der Waals surface area contributed by atoms with E-state index in [1.807, 2.05) is 0 Å². The number of sulfone groups is 1. The highest BCUT2D eigenvalue weighted by atomic mass is 32.2. The second-order valence-corrected chi connectivity index (χ2v) is 12.8. The van der Waals surface area contributed by atoms with Gasteiger partial charge in [0, 0.05) is 22.5 Å². The zero-order chi connectivity index (χ0) is 31.2. The number of aromatic nitrogens is 2. The highest BCUT2D eigenvalue weighted by Gasteiger charge is 2.26. The number of hydrogen-bond donors (Lipinski definition) is 5. The van der Waals surface area contributed by atoms with Crippen molar-refractivity contribution in [1.82, 2.24) is 9.97 Å². The zero-order valence-electron chi connectivity index (χ0n) is 20.3. The van der Waals surface area contributed by atoms with Crippen molar-refractivity contribution in [2.75, 3.05) is 5.32 Å². The fourth-order valence-corrected chi connectivity index (χ4v) is 5.64. The average molecular weight is 644 g/mol. The first kappa shape index (κ1) is 30.3. The van der Waals surface area contributed by atoms with Gasteiger partial charge in [-0.1, -0.05) is 6.58 Å². The second kappa shape index (κ2) is 10.6. The van der Waals surface area contributed by atoms with Gasteiger partial charge >= 0.3 is 6.08 Å². The first-order valence-corrected chi connectivity index (χ1v) is 15.2. The van der Waals surface area contributed by atoms with Crippen LogP contribution in [0.1, 0.15) is 0 Å². The number of anilines is 2. The van der Waals surface area contributed by atoms with E-state index in [4.69, 9.17) is 0 Å². The molecule has 220 valence electrons. The Kier molecular flexibility index (Phi) is 7.69. The first-order valence-electron chi connectivity index (χ1n) is 10.8. The molecule has 0 fully saturated rings. The summed E-state index contributed by atoms with van der Waals surface area (Å²) >= 11 is 0. The van der Waals surface area contributed by atoms with E-state index in [1.54, 1.807) is 0 Å². The SMILES string of the molecule is C=CS(=O)(=O)c1cc(N=Nc2c(S(=O)(=O)O)cc3cc(Nc4cc(F)nc(F)n4)ccc3c2O)c(O)c(S(=O)(=O)O)c1. The lowest BCUT2D eigenvalue weighted by Gasteiger charge is -2.11. The molecule has 0 aliphatic rings. The van der Waals surface area contributed by atoms with E-state index >= 15 is 0 Å². The van der Waals surface area contributed by atoms with Gasteiger partial charge in [-0.3, -0.25) is 9.11 Å². The third kappa shape index (κ3) is 6.16. The Morgan fingerprint density at radius 1 is 0.833 bits per heavy atom. The summed E-state index contributed by atoms with van der Waals surface area (Å²) in [6.07, 6.45) is -1.37. The van der Waals surface area contributed by atoms with Gasteiger partial charge < -0.3 is 15.5 Å². The van der Waals surface area contributed by atoms with Gasteiger partial charge in [-0.05, 0) is 41.8 Å². The van der Waals surface area contributed by atoms with Gasteiger partial charge in [-0.2, -0.15) is 35.6 Å². The molecule has 1 heterocycles. The monoisotopic (exact) mass is 643 g/mol. The van der Waals surface area contributed by atoms with Crippen LogP contribution in [0.5, 0.6) is 11.5 Å². The minimum absolute atomic E-state index is 0.0605. The van der Waals surface area contributed by atoms with Gasteiger partial charge in [-0.15, -0.1) is 10.2 Å². The van der Waals surface area contributed by atoms with E-state index in [-0.39, 0.29) is 22.3 Å². The predicted octanol–water partition coefficient (Wildman–Crippen LogP) is 3.89. The number of fused-ring (bicyclic) bond motifs is 1. The predicted molar refractivity (Wildman–Crippen MR) is 140 cm³/mol. The molecular formula is C22H15F2N5O10S3. The number of phenolic OH excluding ortho intramolecular Hbond substituents is 2. The van der Waals surface area contributed by atoms with Gasteiger partial charge in [0.1, 0.15) is 27.0 Å². The molecule has 0 aliphatic heterocycles. The van der Waals surface area contributed by atoms with E-state index in [2.05, 4.69) is 32.1 Å². The van der Waals surface area contributed by atoms with Crippen LogP contribution < -0.4 is 5.32 Å². The van der Waals surface area contributed by atoms with Crippen molar-refractivity contribution in [3.8, 4) is 11.5 Å². The van der Waals surface area contributed by atoms with Gasteiger partial charge in [0.25, 0.3) is 20.2 Å². The molecule has 0 saturated carbocycles. The summed E-state index contributed by atoms with van der Waals surface area (Å²) in [7, 11) is -14.8. The van der Waals surface area contributed by atoms with Crippen molar-refractivity contribution in [2.45, 2.75) is 14.7 Å². The number of hydrogen-bond acceptors (Lipinski definition) is 13. The average Bonchev–Trinajstić information content (AvgIpc) is 2.86. The number of halogens is 2. The number of aromatic hydroxyl groups is 2. The fourth-order valence-electron chi connectivity index (χ4n) is 3.53. The van der Waals surface area contributed by atoms with Gasteiger partial charge in [-0.25, -0.2) is 8.42 Å². The largest absolute Gasteiger partial charge is 0.505 e. The molecule has 0 radical (unpaired) electrons. The molecular weight excluding hydrogens is 628 g/mol. The lowest BCUT2D eigenvalue weighted by atomic mass is 10.1. The molecule has 0 aliphatic carbocycles. The topological polar surface area (TPSA) is 246 Å². The van der Waals surface area contributed by atoms with Crippen molar-refractivity contribution >= 4 is 63.7 Å². The number of rotatable bonds is 8. The van der Waals surface area contributed by atoms with Crippen LogP contribution in [-0.4, -0.2) is 54.5 Å². The van der Waals surface area contributed by atoms with Gasteiger partial charge in [0.15, 0.2) is 21.3 Å². The lowest BCUT2D eigenvalue weighted by molar-refractivity contribution is 0.443. The number of azo groups is 1. The highest BCUT2D eigenvalue weighted by molar-refractivity contribution is 7.94. The molecule has 0 bridgehead atoms. The van der Waals surface area contributed by atoms with Crippen molar-refractivity contribution in [3.63, 3.8) is 0 Å². The standard InChI is InChI=1S/C22H15F2N5O10S3/c1-2-40(32,33)12-7-14(21(31)16(8-12)42(37,38)39)28-29-19-15(41(34,35)36)6-10-5-11(3-4-13(10)20(19)30)25-18-9-17(23)26-22(24)27-18/h2-9,30-31H,1H2,(H,25,26,27)(H,34,35,36)(H,37,38,39). The van der Waals surface area contributed by atoms with Crippen LogP contribution in [0.25, 0.3) is 10.8 Å². The Morgan fingerprint density at radius 3 is 2.10 bits per heavy atom. The summed E-state index contributed by atoms with van der Waals surface area (Å²) in [6.45, 7) is 3.07. The van der Waals surface area contributed by atoms with E-state index in [1.165, 1.54) is 18.2 Å². The van der Waals surface area contributed by atoms with Crippen molar-refractivity contribution in [2.24, 2.45) is 10.2 Å². The maximum Gasteiger partial charge on any atom is 0.313 e. The molecule has 3 aromatic carbocycles. The summed E-state index contributed by atoms with van der Waals surface area (Å²) < 4.78 is 118. The Hall–Kier alpha value is -4.63. The molecule has 5 N–H and O–H groups in total. The molecule has 42 heavy (non-hydrogen) atoms. The van der Waals surface area contributed by atoms with E-state index in [9.17, 15) is 53.4 Å². The number of nitrogens with one attached hydrogen (secondary N) is 1. The van der Waals surface area contributed by atoms with Crippen LogP contribution in [0.2, 0.25) is 0 Å². The Labute approximate surface area is 235 Å². The Balaban J connectivity index is 1.90. The lowest BCUT2D eigenvalue weighted by Crippen LogP contribution is -2.03. The smallest absolute Gasteiger partial charge is 0.313 e. The van der Waals surface area contributed by atoms with Crippen LogP contribution in [0.4, 0.5) is 31.7 Å². The Bertz CT molecular complexity index is 2140. The van der Waals surface area contributed by atoms with Crippen LogP contribution >= 0.6 is 0 Å². The van der Waals surface area contributed by atoms with Crippen molar-refractivity contribution in [1.29, 1.82) is 0 Å². The molecule has 0 saturated heterocycles. The van der Waals surface area contributed by atoms with Crippen LogP contribution in [0.3, 0.4) is 0 Å². The summed E-state index contributed by atoms with van der Waals surface area (Å²) in [5.41, 5.74) is -1.73. The van der Waals surface area contributed by atoms with Gasteiger partial charge in [0.05, 0.1) is 4.90 Å². The minimum atomic E-state index is -5.22. The fraction of sp³-hybridized carbons (Fsp3) is 0. The normalized spacial score (nSPS) is 12.6. The molecule has 20 heteroatoms. The molecule has 0 unspecified atom stereocenters. The Morgan fingerprint density at radius 2 is 1.50 bits per heavy atom. The quantitative estimate of drug-likeness (QED) is 0.0792. The molecule has 4 rings (SSSR count). The second-order valence-electron chi connectivity index (χ2n) is 8.13. The summed E-state index contributed by atoms with van der Waals surface area (Å²) in [4.78, 5) is 3.05. The van der Waals surface area contributed by atoms with E-state index in [0.717, 1.165) is 12.1 Å². The molecule has 1 aromatic heterocycles. The molecule has 0 atom stereocenters. The summed E-state index contributed by atoms with van der Waals surface area (Å²) in [6, 6.07) is 6.31. The zero-order valence-corrected chi connectivity index (χ0v) is 22.8. The molecule has 0 spiro atoms. The molecule has 4 aromatic rings.